The van der Waals surface area contributed by atoms with E-state index in [4.69, 9.17) is 13.9 Å². The molecule has 7 heteroatoms. The molecule has 0 aliphatic carbocycles. The van der Waals surface area contributed by atoms with E-state index in [0.717, 1.165) is 18.4 Å². The van der Waals surface area contributed by atoms with Crippen LogP contribution in [0.25, 0.3) is 11.5 Å². The molecule has 0 unspecified atom stereocenters. The van der Waals surface area contributed by atoms with Gasteiger partial charge in [-0.05, 0) is 31.9 Å². The lowest BCUT2D eigenvalue weighted by atomic mass is 9.81. The summed E-state index contributed by atoms with van der Waals surface area (Å²) < 4.78 is 16.4. The second-order valence-electron chi connectivity index (χ2n) is 6.95. The zero-order valence-corrected chi connectivity index (χ0v) is 15.8. The van der Waals surface area contributed by atoms with Gasteiger partial charge in [0.25, 0.3) is 0 Å². The van der Waals surface area contributed by atoms with Gasteiger partial charge in [-0.3, -0.25) is 4.79 Å². The number of nitrogens with one attached hydrogen (secondary N) is 1. The SMILES string of the molecule is COc1ccccc1-c1nc(CC(=O)NCC2(CO)CCOCC2)c(C)o1. The number of benzene rings is 1. The molecule has 1 aromatic heterocycles. The predicted octanol–water partition coefficient (Wildman–Crippen LogP) is 2.11. The third kappa shape index (κ3) is 4.48. The predicted molar refractivity (Wildman–Crippen MR) is 99.5 cm³/mol. The summed E-state index contributed by atoms with van der Waals surface area (Å²) >= 11 is 0. The second-order valence-corrected chi connectivity index (χ2v) is 6.95. The van der Waals surface area contributed by atoms with Crippen LogP contribution < -0.4 is 10.1 Å². The highest BCUT2D eigenvalue weighted by Crippen LogP contribution is 2.31. The summed E-state index contributed by atoms with van der Waals surface area (Å²) in [6.07, 6.45) is 1.61. The van der Waals surface area contributed by atoms with Gasteiger partial charge in [0.2, 0.25) is 11.8 Å². The van der Waals surface area contributed by atoms with Gasteiger partial charge in [-0.1, -0.05) is 12.1 Å². The van der Waals surface area contributed by atoms with E-state index in [1.54, 1.807) is 14.0 Å². The number of rotatable bonds is 7. The third-order valence-corrected chi connectivity index (χ3v) is 5.11. The minimum absolute atomic E-state index is 0.0393. The highest BCUT2D eigenvalue weighted by atomic mass is 16.5. The van der Waals surface area contributed by atoms with Crippen LogP contribution in [0, 0.1) is 12.3 Å². The number of oxazole rings is 1. The van der Waals surface area contributed by atoms with E-state index in [-0.39, 0.29) is 24.3 Å². The van der Waals surface area contributed by atoms with Crippen molar-refractivity contribution in [2.75, 3.05) is 33.5 Å². The summed E-state index contributed by atoms with van der Waals surface area (Å²) in [5.41, 5.74) is 1.05. The van der Waals surface area contributed by atoms with Crippen LogP contribution in [0.4, 0.5) is 0 Å². The van der Waals surface area contributed by atoms with E-state index in [1.807, 2.05) is 24.3 Å². The Morgan fingerprint density at radius 2 is 2.07 bits per heavy atom. The number of amides is 1. The lowest BCUT2D eigenvalue weighted by Gasteiger charge is -2.35. The molecule has 0 bridgehead atoms. The van der Waals surface area contributed by atoms with Crippen molar-refractivity contribution >= 4 is 5.91 Å². The number of aromatic nitrogens is 1. The smallest absolute Gasteiger partial charge is 0.230 e. The Bertz CT molecular complexity index is 780. The summed E-state index contributed by atoms with van der Waals surface area (Å²) in [5, 5.41) is 12.7. The molecule has 1 aliphatic rings. The van der Waals surface area contributed by atoms with Gasteiger partial charge in [-0.2, -0.15) is 0 Å². The van der Waals surface area contributed by atoms with Gasteiger partial charge in [0.1, 0.15) is 11.5 Å². The number of aliphatic hydroxyl groups excluding tert-OH is 1. The molecule has 2 aromatic rings. The summed E-state index contributed by atoms with van der Waals surface area (Å²) in [6.45, 7) is 3.49. The van der Waals surface area contributed by atoms with Crippen LogP contribution in [-0.2, 0) is 16.0 Å². The molecule has 3 rings (SSSR count). The van der Waals surface area contributed by atoms with Crippen molar-refractivity contribution in [3.05, 3.63) is 35.7 Å². The van der Waals surface area contributed by atoms with Crippen molar-refractivity contribution in [1.82, 2.24) is 10.3 Å². The zero-order valence-electron chi connectivity index (χ0n) is 15.8. The highest BCUT2D eigenvalue weighted by Gasteiger charge is 2.32. The van der Waals surface area contributed by atoms with Crippen molar-refractivity contribution in [2.45, 2.75) is 26.2 Å². The number of aryl methyl sites for hydroxylation is 1. The molecule has 27 heavy (non-hydrogen) atoms. The topological polar surface area (TPSA) is 93.8 Å². The van der Waals surface area contributed by atoms with E-state index in [9.17, 15) is 9.90 Å². The molecule has 146 valence electrons. The fourth-order valence-corrected chi connectivity index (χ4v) is 3.22. The first kappa shape index (κ1) is 19.4. The van der Waals surface area contributed by atoms with Gasteiger partial charge in [0, 0.05) is 25.2 Å². The Kier molecular flexibility index (Phi) is 6.13. The van der Waals surface area contributed by atoms with Gasteiger partial charge in [-0.15, -0.1) is 0 Å². The maximum Gasteiger partial charge on any atom is 0.230 e. The minimum atomic E-state index is -0.296. The van der Waals surface area contributed by atoms with Crippen LogP contribution in [0.15, 0.2) is 28.7 Å². The van der Waals surface area contributed by atoms with Crippen LogP contribution in [-0.4, -0.2) is 49.5 Å². The first-order valence-corrected chi connectivity index (χ1v) is 9.12. The number of hydrogen-bond donors (Lipinski definition) is 2. The van der Waals surface area contributed by atoms with Crippen molar-refractivity contribution in [2.24, 2.45) is 5.41 Å². The Hall–Kier alpha value is -2.38. The van der Waals surface area contributed by atoms with Gasteiger partial charge in [0.15, 0.2) is 0 Å². The summed E-state index contributed by atoms with van der Waals surface area (Å²) in [7, 11) is 1.59. The summed E-state index contributed by atoms with van der Waals surface area (Å²) in [5.74, 6) is 1.56. The molecular formula is C20H26N2O5. The number of para-hydroxylation sites is 1. The van der Waals surface area contributed by atoms with Crippen LogP contribution >= 0.6 is 0 Å². The highest BCUT2D eigenvalue weighted by molar-refractivity contribution is 5.78. The number of carbonyl (C=O) groups is 1. The number of aliphatic hydroxyl groups is 1. The number of hydrogen-bond acceptors (Lipinski definition) is 6. The fraction of sp³-hybridized carbons (Fsp3) is 0.500. The average molecular weight is 374 g/mol. The molecule has 0 saturated carbocycles. The largest absolute Gasteiger partial charge is 0.496 e. The second kappa shape index (κ2) is 8.54. The van der Waals surface area contributed by atoms with E-state index >= 15 is 0 Å². The Morgan fingerprint density at radius 3 is 2.78 bits per heavy atom. The normalized spacial score (nSPS) is 16.1. The molecule has 1 fully saturated rings. The first-order valence-electron chi connectivity index (χ1n) is 9.12. The van der Waals surface area contributed by atoms with Crippen molar-refractivity contribution in [1.29, 1.82) is 0 Å². The lowest BCUT2D eigenvalue weighted by Crippen LogP contribution is -2.44. The maximum atomic E-state index is 12.4. The van der Waals surface area contributed by atoms with Crippen LogP contribution in [0.3, 0.4) is 0 Å². The van der Waals surface area contributed by atoms with Gasteiger partial charge in [-0.25, -0.2) is 4.98 Å². The van der Waals surface area contributed by atoms with Crippen molar-refractivity contribution < 1.29 is 23.8 Å². The maximum absolute atomic E-state index is 12.4. The quantitative estimate of drug-likeness (QED) is 0.771. The zero-order chi connectivity index (χ0) is 19.3. The molecule has 1 aromatic carbocycles. The third-order valence-electron chi connectivity index (χ3n) is 5.11. The number of methoxy groups -OCH3 is 1. The van der Waals surface area contributed by atoms with E-state index in [1.165, 1.54) is 0 Å². The van der Waals surface area contributed by atoms with Crippen LogP contribution in [0.5, 0.6) is 5.75 Å². The summed E-state index contributed by atoms with van der Waals surface area (Å²) in [4.78, 5) is 16.9. The lowest BCUT2D eigenvalue weighted by molar-refractivity contribution is -0.121. The minimum Gasteiger partial charge on any atom is -0.496 e. The van der Waals surface area contributed by atoms with Crippen LogP contribution in [0.1, 0.15) is 24.3 Å². The molecule has 2 N–H and O–H groups in total. The number of carbonyl (C=O) groups excluding carboxylic acids is 1. The fourth-order valence-electron chi connectivity index (χ4n) is 3.22. The Labute approximate surface area is 158 Å². The summed E-state index contributed by atoms with van der Waals surface area (Å²) in [6, 6.07) is 7.46. The van der Waals surface area contributed by atoms with Crippen LogP contribution in [0.2, 0.25) is 0 Å². The average Bonchev–Trinajstić information content (AvgIpc) is 3.07. The molecule has 1 saturated heterocycles. The standard InChI is InChI=1S/C20H26N2O5/c1-14-16(22-19(27-14)15-5-3-4-6-17(15)25-2)11-18(24)21-12-20(13-23)7-9-26-10-8-20/h3-6,23H,7-13H2,1-2H3,(H,21,24). The van der Waals surface area contributed by atoms with E-state index in [0.29, 0.717) is 42.9 Å². The molecular weight excluding hydrogens is 348 g/mol. The molecule has 0 atom stereocenters. The van der Waals surface area contributed by atoms with E-state index < -0.39 is 0 Å². The first-order chi connectivity index (χ1) is 13.1. The van der Waals surface area contributed by atoms with Gasteiger partial charge >= 0.3 is 0 Å². The van der Waals surface area contributed by atoms with Gasteiger partial charge < -0.3 is 24.3 Å². The molecule has 1 amide bonds. The Morgan fingerprint density at radius 1 is 1.33 bits per heavy atom. The number of ether oxygens (including phenoxy) is 2. The molecule has 1 aliphatic heterocycles. The number of nitrogens with zero attached hydrogens (tertiary/aromatic N) is 1. The van der Waals surface area contributed by atoms with Crippen molar-refractivity contribution in [3.8, 4) is 17.2 Å². The molecule has 7 nitrogen and oxygen atoms in total. The van der Waals surface area contributed by atoms with Crippen molar-refractivity contribution in [3.63, 3.8) is 0 Å². The molecule has 0 radical (unpaired) electrons. The molecule has 2 heterocycles. The Balaban J connectivity index is 1.65. The van der Waals surface area contributed by atoms with E-state index in [2.05, 4.69) is 10.3 Å². The molecule has 0 spiro atoms. The monoisotopic (exact) mass is 374 g/mol. The van der Waals surface area contributed by atoms with Gasteiger partial charge in [0.05, 0.1) is 31.4 Å².